The molecule has 0 aliphatic carbocycles. The minimum absolute atomic E-state index is 0.00728. The van der Waals surface area contributed by atoms with E-state index < -0.39 is 8.32 Å². The van der Waals surface area contributed by atoms with E-state index in [4.69, 9.17) is 16.0 Å². The van der Waals surface area contributed by atoms with Gasteiger partial charge in [-0.1, -0.05) is 39.7 Å². The van der Waals surface area contributed by atoms with Crippen molar-refractivity contribution in [2.75, 3.05) is 6.61 Å². The Hall–Kier alpha value is 0.167. The number of halogens is 1. The number of allylic oxidation sites excluding steroid dienone is 1. The average molecular weight is 321 g/mol. The normalized spacial score (nSPS) is 15.9. The molecule has 0 amide bonds. The van der Waals surface area contributed by atoms with E-state index in [2.05, 4.69) is 40.4 Å². The average Bonchev–Trinajstić information content (AvgIpc) is 2.34. The van der Waals surface area contributed by atoms with Gasteiger partial charge >= 0.3 is 0 Å². The van der Waals surface area contributed by atoms with E-state index in [1.165, 1.54) is 6.42 Å². The van der Waals surface area contributed by atoms with Gasteiger partial charge in [-0.25, -0.2) is 0 Å². The van der Waals surface area contributed by atoms with Crippen LogP contribution >= 0.6 is 11.6 Å². The van der Waals surface area contributed by atoms with Crippen LogP contribution in [0.1, 0.15) is 52.9 Å². The molecule has 0 fully saturated rings. The second kappa shape index (κ2) is 9.24. The SMILES string of the molecule is C=CCCCCC[C@H](Cl)[C@@H](CO)O[Si](C)(C)C(C)(C)C. The summed E-state index contributed by atoms with van der Waals surface area (Å²) < 4.78 is 6.23. The van der Waals surface area contributed by atoms with E-state index >= 15 is 0 Å². The van der Waals surface area contributed by atoms with Crippen LogP contribution in [0.4, 0.5) is 0 Å². The van der Waals surface area contributed by atoms with Gasteiger partial charge in [0.1, 0.15) is 0 Å². The second-order valence-electron chi connectivity index (χ2n) is 7.04. The lowest BCUT2D eigenvalue weighted by Gasteiger charge is -2.40. The van der Waals surface area contributed by atoms with Crippen molar-refractivity contribution < 1.29 is 9.53 Å². The summed E-state index contributed by atoms with van der Waals surface area (Å²) in [6.45, 7) is 14.7. The van der Waals surface area contributed by atoms with Crippen molar-refractivity contribution in [3.63, 3.8) is 0 Å². The number of aliphatic hydroxyl groups excluding tert-OH is 1. The third-order valence-corrected chi connectivity index (χ3v) is 9.23. The molecule has 20 heavy (non-hydrogen) atoms. The summed E-state index contributed by atoms with van der Waals surface area (Å²) in [5.74, 6) is 0. The van der Waals surface area contributed by atoms with Crippen LogP contribution in [0.5, 0.6) is 0 Å². The molecule has 4 heteroatoms. The first-order valence-corrected chi connectivity index (χ1v) is 11.0. The van der Waals surface area contributed by atoms with Gasteiger partial charge in [0.15, 0.2) is 8.32 Å². The van der Waals surface area contributed by atoms with Crippen LogP contribution < -0.4 is 0 Å². The first kappa shape index (κ1) is 20.2. The summed E-state index contributed by atoms with van der Waals surface area (Å²) in [5.41, 5.74) is 0. The standard InChI is InChI=1S/C16H33ClO2Si/c1-7-8-9-10-11-12-14(17)15(13-18)19-20(5,6)16(2,3)4/h7,14-15,18H,1,8-13H2,2-6H3/t14-,15+/m0/s1. The van der Waals surface area contributed by atoms with Crippen molar-refractivity contribution in [2.45, 2.75) is 82.5 Å². The third kappa shape index (κ3) is 7.25. The lowest BCUT2D eigenvalue weighted by molar-refractivity contribution is 0.0967. The minimum Gasteiger partial charge on any atom is -0.410 e. The number of alkyl halides is 1. The van der Waals surface area contributed by atoms with Crippen LogP contribution in [0.25, 0.3) is 0 Å². The van der Waals surface area contributed by atoms with Crippen LogP contribution in [0.3, 0.4) is 0 Å². The molecule has 0 saturated heterocycles. The monoisotopic (exact) mass is 320 g/mol. The lowest BCUT2D eigenvalue weighted by atomic mass is 10.1. The molecule has 1 N–H and O–H groups in total. The fourth-order valence-corrected chi connectivity index (χ4v) is 3.49. The van der Waals surface area contributed by atoms with Gasteiger partial charge in [0, 0.05) is 0 Å². The molecule has 0 aromatic rings. The number of aliphatic hydroxyl groups is 1. The van der Waals surface area contributed by atoms with Crippen LogP contribution in [0.15, 0.2) is 12.7 Å². The first-order chi connectivity index (χ1) is 9.15. The predicted octanol–water partition coefficient (Wildman–Crippen LogP) is 5.11. The Balaban J connectivity index is 4.27. The van der Waals surface area contributed by atoms with E-state index in [1.807, 2.05) is 6.08 Å². The molecule has 0 aliphatic heterocycles. The molecule has 2 nitrogen and oxygen atoms in total. The Morgan fingerprint density at radius 1 is 1.25 bits per heavy atom. The molecule has 0 saturated carbocycles. The molecule has 0 aliphatic rings. The van der Waals surface area contributed by atoms with Crippen LogP contribution in [-0.2, 0) is 4.43 Å². The summed E-state index contributed by atoms with van der Waals surface area (Å²) in [7, 11) is -1.87. The van der Waals surface area contributed by atoms with Crippen molar-refractivity contribution in [1.82, 2.24) is 0 Å². The van der Waals surface area contributed by atoms with Gasteiger partial charge in [-0.05, 0) is 37.4 Å². The lowest BCUT2D eigenvalue weighted by Crippen LogP contribution is -2.47. The largest absolute Gasteiger partial charge is 0.410 e. The third-order valence-electron chi connectivity index (χ3n) is 4.22. The Labute approximate surface area is 131 Å². The smallest absolute Gasteiger partial charge is 0.192 e. The van der Waals surface area contributed by atoms with Crippen LogP contribution in [0, 0.1) is 0 Å². The highest BCUT2D eigenvalue weighted by molar-refractivity contribution is 6.74. The van der Waals surface area contributed by atoms with Gasteiger partial charge in [0.05, 0.1) is 18.1 Å². The minimum atomic E-state index is -1.87. The zero-order chi connectivity index (χ0) is 15.8. The van der Waals surface area contributed by atoms with Crippen molar-refractivity contribution in [3.8, 4) is 0 Å². The maximum absolute atomic E-state index is 9.57. The number of rotatable bonds is 10. The first-order valence-electron chi connectivity index (χ1n) is 7.69. The highest BCUT2D eigenvalue weighted by atomic mass is 35.5. The molecule has 0 aromatic carbocycles. The zero-order valence-electron chi connectivity index (χ0n) is 13.9. The van der Waals surface area contributed by atoms with Crippen LogP contribution in [0.2, 0.25) is 18.1 Å². The predicted molar refractivity (Wildman–Crippen MR) is 92.1 cm³/mol. The molecule has 0 unspecified atom stereocenters. The second-order valence-corrected chi connectivity index (χ2v) is 12.4. The molecule has 0 spiro atoms. The summed E-state index contributed by atoms with van der Waals surface area (Å²) in [5, 5.41) is 9.61. The molecular formula is C16H33ClO2Si. The maximum Gasteiger partial charge on any atom is 0.192 e. The van der Waals surface area contributed by atoms with E-state index in [0.29, 0.717) is 0 Å². The molecule has 2 atom stereocenters. The summed E-state index contributed by atoms with van der Waals surface area (Å²) >= 11 is 6.43. The van der Waals surface area contributed by atoms with Gasteiger partial charge < -0.3 is 9.53 Å². The molecule has 0 aromatic heterocycles. The summed E-state index contributed by atoms with van der Waals surface area (Å²) in [6, 6.07) is 0. The quantitative estimate of drug-likeness (QED) is 0.262. The fourth-order valence-electron chi connectivity index (χ4n) is 1.77. The van der Waals surface area contributed by atoms with Crippen molar-refractivity contribution in [3.05, 3.63) is 12.7 Å². The molecular weight excluding hydrogens is 288 g/mol. The number of hydrogen-bond acceptors (Lipinski definition) is 2. The van der Waals surface area contributed by atoms with Crippen molar-refractivity contribution >= 4 is 19.9 Å². The molecule has 0 heterocycles. The molecule has 0 rings (SSSR count). The van der Waals surface area contributed by atoms with Crippen molar-refractivity contribution in [2.24, 2.45) is 0 Å². The van der Waals surface area contributed by atoms with Gasteiger partial charge in [-0.3, -0.25) is 0 Å². The van der Waals surface area contributed by atoms with Gasteiger partial charge in [0.2, 0.25) is 0 Å². The zero-order valence-corrected chi connectivity index (χ0v) is 15.7. The summed E-state index contributed by atoms with van der Waals surface area (Å²) in [6.07, 6.45) is 7.09. The van der Waals surface area contributed by atoms with E-state index in [1.54, 1.807) is 0 Å². The van der Waals surface area contributed by atoms with E-state index in [9.17, 15) is 5.11 Å². The number of hydrogen-bond donors (Lipinski definition) is 1. The van der Waals surface area contributed by atoms with Crippen molar-refractivity contribution in [1.29, 1.82) is 0 Å². The Morgan fingerprint density at radius 2 is 1.85 bits per heavy atom. The highest BCUT2D eigenvalue weighted by Gasteiger charge is 2.40. The van der Waals surface area contributed by atoms with Gasteiger partial charge in [0.25, 0.3) is 0 Å². The molecule has 0 bridgehead atoms. The Kier molecular flexibility index (Phi) is 9.32. The number of unbranched alkanes of at least 4 members (excludes halogenated alkanes) is 3. The maximum atomic E-state index is 9.57. The van der Waals surface area contributed by atoms with Gasteiger partial charge in [-0.15, -0.1) is 18.2 Å². The Morgan fingerprint density at radius 3 is 2.30 bits per heavy atom. The highest BCUT2D eigenvalue weighted by Crippen LogP contribution is 2.38. The van der Waals surface area contributed by atoms with E-state index in [-0.39, 0.29) is 23.1 Å². The Bertz CT molecular complexity index is 274. The summed E-state index contributed by atoms with van der Waals surface area (Å²) in [4.78, 5) is 0. The van der Waals surface area contributed by atoms with E-state index in [0.717, 1.165) is 25.7 Å². The van der Waals surface area contributed by atoms with Gasteiger partial charge in [-0.2, -0.15) is 0 Å². The van der Waals surface area contributed by atoms with Crippen LogP contribution in [-0.4, -0.2) is 31.5 Å². The molecule has 120 valence electrons. The fraction of sp³-hybridized carbons (Fsp3) is 0.875. The molecule has 0 radical (unpaired) electrons. The topological polar surface area (TPSA) is 29.5 Å².